The van der Waals surface area contributed by atoms with Crippen molar-refractivity contribution in [1.82, 2.24) is 19.6 Å². The average molecular weight is 455 g/mol. The van der Waals surface area contributed by atoms with Crippen molar-refractivity contribution in [3.8, 4) is 5.75 Å². The minimum atomic E-state index is -0.0562. The molecule has 0 atom stereocenters. The van der Waals surface area contributed by atoms with Crippen molar-refractivity contribution in [3.63, 3.8) is 0 Å². The minimum Gasteiger partial charge on any atom is -0.492 e. The van der Waals surface area contributed by atoms with Gasteiger partial charge in [-0.25, -0.2) is 0 Å². The van der Waals surface area contributed by atoms with Crippen LogP contribution in [-0.2, 0) is 16.1 Å². The normalized spacial score (nSPS) is 20.1. The lowest BCUT2D eigenvalue weighted by molar-refractivity contribution is -0.134. The van der Waals surface area contributed by atoms with Crippen LogP contribution in [0.1, 0.15) is 42.5 Å². The molecule has 33 heavy (non-hydrogen) atoms. The van der Waals surface area contributed by atoms with Gasteiger partial charge in [0.1, 0.15) is 12.3 Å². The van der Waals surface area contributed by atoms with Crippen molar-refractivity contribution in [2.75, 3.05) is 46.5 Å². The summed E-state index contributed by atoms with van der Waals surface area (Å²) in [5.41, 5.74) is 0.563. The Morgan fingerprint density at radius 3 is 2.67 bits per heavy atom. The molecule has 0 N–H and O–H groups in total. The van der Waals surface area contributed by atoms with E-state index in [1.165, 1.54) is 0 Å². The number of piperidine rings is 1. The maximum absolute atomic E-state index is 13.0. The first-order chi connectivity index (χ1) is 16.1. The molecule has 2 amide bonds. The Hall–Kier alpha value is -2.87. The lowest BCUT2D eigenvalue weighted by atomic mass is 9.75. The first-order valence-corrected chi connectivity index (χ1v) is 11.9. The van der Waals surface area contributed by atoms with E-state index in [2.05, 4.69) is 5.10 Å². The van der Waals surface area contributed by atoms with Gasteiger partial charge in [-0.05, 0) is 43.9 Å². The van der Waals surface area contributed by atoms with Gasteiger partial charge in [0.2, 0.25) is 5.91 Å². The van der Waals surface area contributed by atoms with Crippen molar-refractivity contribution < 1.29 is 19.1 Å². The lowest BCUT2D eigenvalue weighted by Crippen LogP contribution is -2.46. The van der Waals surface area contributed by atoms with Crippen LogP contribution < -0.4 is 4.74 Å². The summed E-state index contributed by atoms with van der Waals surface area (Å²) in [5.74, 6) is 0.672. The number of ether oxygens (including phenoxy) is 2. The van der Waals surface area contributed by atoms with Crippen LogP contribution in [0.4, 0.5) is 0 Å². The van der Waals surface area contributed by atoms with E-state index in [9.17, 15) is 9.59 Å². The van der Waals surface area contributed by atoms with Gasteiger partial charge in [-0.1, -0.05) is 18.6 Å². The van der Waals surface area contributed by atoms with Crippen LogP contribution in [0, 0.1) is 5.41 Å². The van der Waals surface area contributed by atoms with Gasteiger partial charge < -0.3 is 19.3 Å². The van der Waals surface area contributed by atoms with E-state index >= 15 is 0 Å². The molecule has 2 aromatic rings. The number of aromatic nitrogens is 2. The fourth-order valence-corrected chi connectivity index (χ4v) is 4.64. The van der Waals surface area contributed by atoms with Gasteiger partial charge in [0.05, 0.1) is 18.8 Å². The molecule has 0 unspecified atom stereocenters. The number of amides is 2. The molecule has 1 fully saturated rings. The maximum Gasteiger partial charge on any atom is 0.257 e. The molecule has 0 saturated carbocycles. The molecule has 0 bridgehead atoms. The second-order valence-electron chi connectivity index (χ2n) is 9.17. The Balaban J connectivity index is 1.45. The average Bonchev–Trinajstić information content (AvgIpc) is 3.35. The number of carbonyl (C=O) groups is 2. The van der Waals surface area contributed by atoms with Crippen LogP contribution in [0.15, 0.2) is 42.7 Å². The fraction of sp³-hybridized carbons (Fsp3) is 0.560. The number of rotatable bonds is 2. The third-order valence-corrected chi connectivity index (χ3v) is 6.85. The summed E-state index contributed by atoms with van der Waals surface area (Å²) in [6.45, 7) is 4.03. The number of hydrogen-bond acceptors (Lipinski definition) is 5. The summed E-state index contributed by atoms with van der Waals surface area (Å²) >= 11 is 0. The Kier molecular flexibility index (Phi) is 7.65. The van der Waals surface area contributed by atoms with Crippen molar-refractivity contribution in [2.45, 2.75) is 38.6 Å². The zero-order chi connectivity index (χ0) is 23.1. The number of para-hydroxylation sites is 1. The molecule has 1 aromatic carbocycles. The highest BCUT2D eigenvalue weighted by atomic mass is 16.5. The van der Waals surface area contributed by atoms with Crippen LogP contribution in [0.5, 0.6) is 5.75 Å². The number of hydrogen-bond donors (Lipinski definition) is 0. The Bertz CT molecular complexity index is 922. The number of likely N-dealkylation sites (N-methyl/N-ethyl adjacent to an activating group) is 1. The van der Waals surface area contributed by atoms with Gasteiger partial charge >= 0.3 is 0 Å². The van der Waals surface area contributed by atoms with Crippen LogP contribution in [-0.4, -0.2) is 77.9 Å². The van der Waals surface area contributed by atoms with Crippen molar-refractivity contribution >= 4 is 11.8 Å². The number of benzene rings is 1. The van der Waals surface area contributed by atoms with E-state index in [1.54, 1.807) is 22.8 Å². The van der Waals surface area contributed by atoms with Crippen LogP contribution >= 0.6 is 0 Å². The van der Waals surface area contributed by atoms with Crippen molar-refractivity contribution in [1.29, 1.82) is 0 Å². The smallest absolute Gasteiger partial charge is 0.257 e. The van der Waals surface area contributed by atoms with E-state index in [0.29, 0.717) is 50.8 Å². The first kappa shape index (κ1) is 23.3. The molecule has 1 aromatic heterocycles. The lowest BCUT2D eigenvalue weighted by Gasteiger charge is -2.42. The number of nitrogens with zero attached hydrogens (tertiary/aromatic N) is 4. The number of carbonyl (C=O) groups excluding carboxylic acids is 2. The highest BCUT2D eigenvalue weighted by molar-refractivity contribution is 5.96. The van der Waals surface area contributed by atoms with Gasteiger partial charge in [-0.2, -0.15) is 5.10 Å². The quantitative estimate of drug-likeness (QED) is 0.698. The van der Waals surface area contributed by atoms with Crippen LogP contribution in [0.2, 0.25) is 0 Å². The van der Waals surface area contributed by atoms with Gasteiger partial charge in [-0.3, -0.25) is 14.3 Å². The summed E-state index contributed by atoms with van der Waals surface area (Å²) in [5, 5.41) is 4.15. The fourth-order valence-electron chi connectivity index (χ4n) is 4.64. The van der Waals surface area contributed by atoms with E-state index in [4.69, 9.17) is 9.47 Å². The zero-order valence-electron chi connectivity index (χ0n) is 19.4. The summed E-state index contributed by atoms with van der Waals surface area (Å²) in [6, 6.07) is 9.30. The summed E-state index contributed by atoms with van der Waals surface area (Å²) in [7, 11) is 1.80. The molecule has 2 aliphatic heterocycles. The molecule has 1 spiro atoms. The standard InChI is InChI=1S/C25H34N4O4/c1-27-16-18-32-17-5-4-9-25(20-33-22-8-3-2-7-21(22)24(27)31)10-14-28(15-11-25)23(30)19-29-13-6-12-26-29/h2-3,6-8,12-13H,4-5,9-11,14-20H2,1H3. The second-order valence-corrected chi connectivity index (χ2v) is 9.17. The highest BCUT2D eigenvalue weighted by Gasteiger charge is 2.36. The molecule has 1 saturated heterocycles. The Morgan fingerprint density at radius 2 is 1.88 bits per heavy atom. The largest absolute Gasteiger partial charge is 0.492 e. The molecule has 3 heterocycles. The minimum absolute atomic E-state index is 0.0192. The Labute approximate surface area is 195 Å². The molecular weight excluding hydrogens is 420 g/mol. The predicted octanol–water partition coefficient (Wildman–Crippen LogP) is 2.84. The molecule has 0 aliphatic carbocycles. The molecular formula is C25H34N4O4. The molecule has 8 heteroatoms. The first-order valence-electron chi connectivity index (χ1n) is 11.9. The third-order valence-electron chi connectivity index (χ3n) is 6.85. The van der Waals surface area contributed by atoms with Crippen LogP contribution in [0.3, 0.4) is 0 Å². The maximum atomic E-state index is 13.0. The van der Waals surface area contributed by atoms with Gasteiger partial charge in [-0.15, -0.1) is 0 Å². The van der Waals surface area contributed by atoms with E-state index < -0.39 is 0 Å². The predicted molar refractivity (Wildman–Crippen MR) is 124 cm³/mol. The topological polar surface area (TPSA) is 76.9 Å². The highest BCUT2D eigenvalue weighted by Crippen LogP contribution is 2.38. The molecule has 2 aliphatic rings. The van der Waals surface area contributed by atoms with Crippen molar-refractivity contribution in [2.24, 2.45) is 5.41 Å². The van der Waals surface area contributed by atoms with Gasteiger partial charge in [0, 0.05) is 51.1 Å². The summed E-state index contributed by atoms with van der Waals surface area (Å²) in [6.07, 6.45) is 8.33. The van der Waals surface area contributed by atoms with E-state index in [-0.39, 0.29) is 23.8 Å². The SMILES string of the molecule is CN1CCOCCCCC2(CCN(C(=O)Cn3cccn3)CC2)COc2ccccc2C1=O. The molecule has 8 nitrogen and oxygen atoms in total. The van der Waals surface area contributed by atoms with Crippen LogP contribution in [0.25, 0.3) is 0 Å². The monoisotopic (exact) mass is 454 g/mol. The van der Waals surface area contributed by atoms with Gasteiger partial charge in [0.25, 0.3) is 5.91 Å². The number of likely N-dealkylation sites (tertiary alicyclic amines) is 1. The van der Waals surface area contributed by atoms with Crippen molar-refractivity contribution in [3.05, 3.63) is 48.3 Å². The molecule has 0 radical (unpaired) electrons. The second kappa shape index (κ2) is 10.8. The van der Waals surface area contributed by atoms with E-state index in [0.717, 1.165) is 32.1 Å². The third kappa shape index (κ3) is 5.93. The molecule has 4 rings (SSSR count). The molecule has 178 valence electrons. The zero-order valence-corrected chi connectivity index (χ0v) is 19.4. The van der Waals surface area contributed by atoms with E-state index in [1.807, 2.05) is 41.4 Å². The number of fused-ring (bicyclic) bond motifs is 1. The summed E-state index contributed by atoms with van der Waals surface area (Å²) in [4.78, 5) is 29.3. The van der Waals surface area contributed by atoms with Gasteiger partial charge in [0.15, 0.2) is 0 Å². The Morgan fingerprint density at radius 1 is 1.06 bits per heavy atom. The summed E-state index contributed by atoms with van der Waals surface area (Å²) < 4.78 is 13.8.